The summed E-state index contributed by atoms with van der Waals surface area (Å²) in [7, 11) is 4.77. The molecule has 8 nitrogen and oxygen atoms in total. The molecule has 2 rings (SSSR count). The molecule has 25 heavy (non-hydrogen) atoms. The van der Waals surface area contributed by atoms with E-state index in [0.29, 0.717) is 37.0 Å². The minimum Gasteiger partial charge on any atom is -0.493 e. The molecule has 8 heteroatoms. The lowest BCUT2D eigenvalue weighted by Gasteiger charge is -2.10. The van der Waals surface area contributed by atoms with E-state index in [2.05, 4.69) is 20.6 Å². The summed E-state index contributed by atoms with van der Waals surface area (Å²) in [5.41, 5.74) is 1.13. The van der Waals surface area contributed by atoms with Gasteiger partial charge in [0.2, 0.25) is 0 Å². The number of anilines is 1. The molecule has 0 unspecified atom stereocenters. The molecule has 1 heterocycles. The number of aromatic nitrogens is 2. The first kappa shape index (κ1) is 18.5. The van der Waals surface area contributed by atoms with Gasteiger partial charge >= 0.3 is 0 Å². The first-order valence-corrected chi connectivity index (χ1v) is 7.72. The van der Waals surface area contributed by atoms with Crippen molar-refractivity contribution in [2.75, 3.05) is 39.8 Å². The van der Waals surface area contributed by atoms with Gasteiger partial charge < -0.3 is 24.8 Å². The van der Waals surface area contributed by atoms with E-state index in [-0.39, 0.29) is 11.6 Å². The highest BCUT2D eigenvalue weighted by molar-refractivity contribution is 5.91. The Kier molecular flexibility index (Phi) is 6.97. The van der Waals surface area contributed by atoms with Crippen molar-refractivity contribution in [2.45, 2.75) is 6.54 Å². The van der Waals surface area contributed by atoms with Gasteiger partial charge in [0, 0.05) is 20.2 Å². The first-order chi connectivity index (χ1) is 12.2. The van der Waals surface area contributed by atoms with Crippen molar-refractivity contribution < 1.29 is 19.0 Å². The second kappa shape index (κ2) is 9.43. The molecule has 0 radical (unpaired) electrons. The van der Waals surface area contributed by atoms with E-state index in [1.807, 2.05) is 12.1 Å². The molecule has 0 bridgehead atoms. The summed E-state index contributed by atoms with van der Waals surface area (Å²) < 4.78 is 15.4. The fourth-order valence-electron chi connectivity index (χ4n) is 2.08. The lowest BCUT2D eigenvalue weighted by molar-refractivity contribution is 0.0945. The second-order valence-electron chi connectivity index (χ2n) is 5.08. The summed E-state index contributed by atoms with van der Waals surface area (Å²) in [4.78, 5) is 20.4. The van der Waals surface area contributed by atoms with Crippen LogP contribution in [0.3, 0.4) is 0 Å². The maximum Gasteiger partial charge on any atom is 0.271 e. The predicted octanol–water partition coefficient (Wildman–Crippen LogP) is 1.48. The van der Waals surface area contributed by atoms with E-state index in [9.17, 15) is 4.79 Å². The van der Waals surface area contributed by atoms with Gasteiger partial charge in [0.25, 0.3) is 5.91 Å². The Labute approximate surface area is 146 Å². The Morgan fingerprint density at radius 3 is 2.52 bits per heavy atom. The molecule has 0 fully saturated rings. The van der Waals surface area contributed by atoms with Crippen LogP contribution in [0.4, 0.5) is 5.82 Å². The molecular weight excluding hydrogens is 324 g/mol. The van der Waals surface area contributed by atoms with Crippen molar-refractivity contribution in [3.8, 4) is 11.5 Å². The maximum atomic E-state index is 12.2. The molecule has 134 valence electrons. The van der Waals surface area contributed by atoms with Crippen LogP contribution in [0.25, 0.3) is 0 Å². The minimum atomic E-state index is -0.300. The summed E-state index contributed by atoms with van der Waals surface area (Å²) in [6, 6.07) is 5.46. The van der Waals surface area contributed by atoms with Crippen LogP contribution in [0.5, 0.6) is 11.5 Å². The standard InChI is InChI=1S/C17H22N4O4/c1-23-7-6-18-16-11-19-13(10-20-16)17(22)21-9-12-4-5-14(24-2)15(8-12)25-3/h4-5,8,10-11H,6-7,9H2,1-3H3,(H,18,20)(H,21,22). The molecule has 0 aliphatic carbocycles. The van der Waals surface area contributed by atoms with Crippen LogP contribution in [0.1, 0.15) is 16.1 Å². The maximum absolute atomic E-state index is 12.2. The second-order valence-corrected chi connectivity index (χ2v) is 5.08. The highest BCUT2D eigenvalue weighted by Crippen LogP contribution is 2.27. The summed E-state index contributed by atoms with van der Waals surface area (Å²) in [5, 5.41) is 5.83. The number of methoxy groups -OCH3 is 3. The smallest absolute Gasteiger partial charge is 0.271 e. The Bertz CT molecular complexity index is 692. The number of ether oxygens (including phenoxy) is 3. The number of nitrogens with one attached hydrogen (secondary N) is 2. The number of nitrogens with zero attached hydrogens (tertiary/aromatic N) is 2. The average Bonchev–Trinajstić information content (AvgIpc) is 2.66. The number of hydrogen-bond donors (Lipinski definition) is 2. The van der Waals surface area contributed by atoms with Crippen molar-refractivity contribution >= 4 is 11.7 Å². The SMILES string of the molecule is COCCNc1cnc(C(=O)NCc2ccc(OC)c(OC)c2)cn1. The summed E-state index contributed by atoms with van der Waals surface area (Å²) >= 11 is 0. The van der Waals surface area contributed by atoms with Crippen LogP contribution < -0.4 is 20.1 Å². The fraction of sp³-hybridized carbons (Fsp3) is 0.353. The lowest BCUT2D eigenvalue weighted by Crippen LogP contribution is -2.24. The molecule has 0 saturated heterocycles. The van der Waals surface area contributed by atoms with E-state index in [1.54, 1.807) is 27.4 Å². The zero-order chi connectivity index (χ0) is 18.1. The molecular formula is C17H22N4O4. The topological polar surface area (TPSA) is 94.6 Å². The van der Waals surface area contributed by atoms with Crippen LogP contribution >= 0.6 is 0 Å². The first-order valence-electron chi connectivity index (χ1n) is 7.72. The third-order valence-electron chi connectivity index (χ3n) is 3.40. The Hall–Kier alpha value is -2.87. The average molecular weight is 346 g/mol. The highest BCUT2D eigenvalue weighted by Gasteiger charge is 2.09. The molecule has 0 atom stereocenters. The third kappa shape index (κ3) is 5.32. The van der Waals surface area contributed by atoms with Crippen molar-refractivity contribution in [3.05, 3.63) is 41.9 Å². The van der Waals surface area contributed by atoms with Crippen LogP contribution in [-0.4, -0.2) is 50.4 Å². The molecule has 1 amide bonds. The molecule has 2 N–H and O–H groups in total. The van der Waals surface area contributed by atoms with E-state index < -0.39 is 0 Å². The number of amides is 1. The van der Waals surface area contributed by atoms with Crippen molar-refractivity contribution in [1.82, 2.24) is 15.3 Å². The summed E-state index contributed by atoms with van der Waals surface area (Å²) in [6.07, 6.45) is 2.94. The molecule has 0 saturated carbocycles. The number of carbonyl (C=O) groups is 1. The van der Waals surface area contributed by atoms with Crippen molar-refractivity contribution in [3.63, 3.8) is 0 Å². The molecule has 0 aliphatic heterocycles. The van der Waals surface area contributed by atoms with Gasteiger partial charge in [-0.15, -0.1) is 0 Å². The van der Waals surface area contributed by atoms with Gasteiger partial charge in [0.05, 0.1) is 33.2 Å². The van der Waals surface area contributed by atoms with Gasteiger partial charge in [-0.1, -0.05) is 6.07 Å². The predicted molar refractivity (Wildman–Crippen MR) is 93.1 cm³/mol. The Morgan fingerprint density at radius 1 is 1.08 bits per heavy atom. The third-order valence-corrected chi connectivity index (χ3v) is 3.40. The summed E-state index contributed by atoms with van der Waals surface area (Å²) in [6.45, 7) is 1.53. The molecule has 2 aromatic rings. The van der Waals surface area contributed by atoms with E-state index in [1.165, 1.54) is 12.4 Å². The van der Waals surface area contributed by atoms with Gasteiger partial charge in [0.1, 0.15) is 11.5 Å². The summed E-state index contributed by atoms with van der Waals surface area (Å²) in [5.74, 6) is 1.54. The number of hydrogen-bond acceptors (Lipinski definition) is 7. The largest absolute Gasteiger partial charge is 0.493 e. The lowest BCUT2D eigenvalue weighted by atomic mass is 10.2. The number of carbonyl (C=O) groups excluding carboxylic acids is 1. The van der Waals surface area contributed by atoms with Crippen molar-refractivity contribution in [1.29, 1.82) is 0 Å². The number of benzene rings is 1. The van der Waals surface area contributed by atoms with E-state index >= 15 is 0 Å². The molecule has 1 aromatic carbocycles. The highest BCUT2D eigenvalue weighted by atomic mass is 16.5. The molecule has 0 spiro atoms. The van der Waals surface area contributed by atoms with Gasteiger partial charge in [-0.3, -0.25) is 4.79 Å². The van der Waals surface area contributed by atoms with Crippen LogP contribution in [0.2, 0.25) is 0 Å². The van der Waals surface area contributed by atoms with Gasteiger partial charge in [0.15, 0.2) is 11.5 Å². The van der Waals surface area contributed by atoms with Gasteiger partial charge in [-0.2, -0.15) is 0 Å². The van der Waals surface area contributed by atoms with Gasteiger partial charge in [-0.05, 0) is 17.7 Å². The van der Waals surface area contributed by atoms with Crippen LogP contribution in [0, 0.1) is 0 Å². The fourth-order valence-corrected chi connectivity index (χ4v) is 2.08. The molecule has 0 aliphatic rings. The Balaban J connectivity index is 1.91. The monoisotopic (exact) mass is 346 g/mol. The normalized spacial score (nSPS) is 10.2. The zero-order valence-electron chi connectivity index (χ0n) is 14.5. The van der Waals surface area contributed by atoms with E-state index in [0.717, 1.165) is 5.56 Å². The van der Waals surface area contributed by atoms with Crippen LogP contribution in [-0.2, 0) is 11.3 Å². The zero-order valence-corrected chi connectivity index (χ0v) is 14.5. The quantitative estimate of drug-likeness (QED) is 0.664. The van der Waals surface area contributed by atoms with Gasteiger partial charge in [-0.25, -0.2) is 9.97 Å². The van der Waals surface area contributed by atoms with E-state index in [4.69, 9.17) is 14.2 Å². The Morgan fingerprint density at radius 2 is 1.88 bits per heavy atom. The van der Waals surface area contributed by atoms with Crippen LogP contribution in [0.15, 0.2) is 30.6 Å². The molecule has 1 aromatic heterocycles. The number of rotatable bonds is 9. The minimum absolute atomic E-state index is 0.248. The van der Waals surface area contributed by atoms with Crippen molar-refractivity contribution in [2.24, 2.45) is 0 Å².